The van der Waals surface area contributed by atoms with Crippen molar-refractivity contribution < 1.29 is 19.4 Å². The van der Waals surface area contributed by atoms with E-state index in [-0.39, 0.29) is 0 Å². The van der Waals surface area contributed by atoms with E-state index in [9.17, 15) is 14.8 Å². The first kappa shape index (κ1) is 22.5. The fourth-order valence-corrected chi connectivity index (χ4v) is 17.1. The molecule has 0 saturated carbocycles. The van der Waals surface area contributed by atoms with Crippen molar-refractivity contribution in [2.75, 3.05) is 24.6 Å². The van der Waals surface area contributed by atoms with E-state index in [1.165, 1.54) is 0 Å². The summed E-state index contributed by atoms with van der Waals surface area (Å²) in [5, 5.41) is 9.39. The topological polar surface area (TPSA) is 69.9 Å². The van der Waals surface area contributed by atoms with Crippen molar-refractivity contribution >= 4 is 14.6 Å². The standard InChI is InChI=1S/C16H39O4PSi/c1-5-9-13-21(14-10-6-2,15-11-7-3,16-12-8-4)22(18,19)20-17/h17-19H,5-16H2,1-4H3. The van der Waals surface area contributed by atoms with Crippen molar-refractivity contribution in [1.82, 2.24) is 0 Å². The molecule has 0 atom stereocenters. The molecule has 0 radical (unpaired) electrons. The van der Waals surface area contributed by atoms with Gasteiger partial charge in [0, 0.05) is 0 Å². The summed E-state index contributed by atoms with van der Waals surface area (Å²) >= 11 is 0. The summed E-state index contributed by atoms with van der Waals surface area (Å²) in [6.45, 7) is 8.57. The number of hydrogen-bond donors (Lipinski definition) is 3. The van der Waals surface area contributed by atoms with Crippen LogP contribution in [0.1, 0.15) is 79.1 Å². The molecular weight excluding hydrogens is 315 g/mol. The summed E-state index contributed by atoms with van der Waals surface area (Å²) in [7, 11) is -4.07. The quantitative estimate of drug-likeness (QED) is 0.184. The molecule has 6 heteroatoms. The maximum absolute atomic E-state index is 10.9. The van der Waals surface area contributed by atoms with E-state index in [2.05, 4.69) is 32.3 Å². The minimum absolute atomic E-state index is 0.863. The van der Waals surface area contributed by atoms with E-state index < -0.39 is 14.6 Å². The van der Waals surface area contributed by atoms with Crippen LogP contribution >= 0.6 is 6.15 Å². The maximum atomic E-state index is 10.9. The van der Waals surface area contributed by atoms with Crippen LogP contribution in [0.3, 0.4) is 0 Å². The summed E-state index contributed by atoms with van der Waals surface area (Å²) in [5.41, 5.74) is 0. The summed E-state index contributed by atoms with van der Waals surface area (Å²) in [4.78, 5) is 21.7. The molecule has 0 fully saturated rings. The predicted octanol–water partition coefficient (Wildman–Crippen LogP) is 4.65. The van der Waals surface area contributed by atoms with Crippen LogP contribution < -0.4 is 0 Å². The van der Waals surface area contributed by atoms with Gasteiger partial charge < -0.3 is 0 Å². The van der Waals surface area contributed by atoms with Gasteiger partial charge in [-0.1, -0.05) is 0 Å². The Morgan fingerprint density at radius 3 is 1.14 bits per heavy atom. The number of rotatable bonds is 14. The molecule has 0 aromatic carbocycles. The van der Waals surface area contributed by atoms with Crippen LogP contribution in [0, 0.1) is 0 Å². The SMILES string of the molecule is CCCCP(CCCC)(CCCC)(CCCC)[Si](O)(O)OO. The van der Waals surface area contributed by atoms with Crippen LogP contribution in [0.5, 0.6) is 0 Å². The van der Waals surface area contributed by atoms with Gasteiger partial charge >= 0.3 is 138 Å². The molecule has 0 spiro atoms. The molecule has 0 aliphatic carbocycles. The number of hydrogen-bond acceptors (Lipinski definition) is 4. The van der Waals surface area contributed by atoms with E-state index >= 15 is 0 Å². The second-order valence-electron chi connectivity index (χ2n) is 6.95. The van der Waals surface area contributed by atoms with Crippen LogP contribution in [0.15, 0.2) is 0 Å². The van der Waals surface area contributed by atoms with Gasteiger partial charge in [-0.2, -0.15) is 0 Å². The van der Waals surface area contributed by atoms with Gasteiger partial charge in [-0.25, -0.2) is 0 Å². The molecule has 0 aliphatic heterocycles. The molecule has 4 nitrogen and oxygen atoms in total. The third-order valence-electron chi connectivity index (χ3n) is 5.34. The average Bonchev–Trinajstić information content (AvgIpc) is 2.53. The molecule has 0 bridgehead atoms. The van der Waals surface area contributed by atoms with E-state index in [4.69, 9.17) is 0 Å². The van der Waals surface area contributed by atoms with E-state index in [0.29, 0.717) is 0 Å². The van der Waals surface area contributed by atoms with E-state index in [1.807, 2.05) is 0 Å². The monoisotopic (exact) mass is 354 g/mol. The molecule has 0 amide bonds. The molecule has 136 valence electrons. The minimum atomic E-state index is -4.07. The van der Waals surface area contributed by atoms with Crippen LogP contribution in [-0.4, -0.2) is 48.0 Å². The van der Waals surface area contributed by atoms with E-state index in [1.54, 1.807) is 0 Å². The molecule has 0 aliphatic rings. The van der Waals surface area contributed by atoms with Gasteiger partial charge in [-0.05, 0) is 0 Å². The van der Waals surface area contributed by atoms with E-state index in [0.717, 1.165) is 76.0 Å². The van der Waals surface area contributed by atoms with Gasteiger partial charge in [0.05, 0.1) is 0 Å². The second-order valence-corrected chi connectivity index (χ2v) is 19.6. The summed E-state index contributed by atoms with van der Waals surface area (Å²) < 4.78 is 4.50. The Hall–Kier alpha value is 0.487. The average molecular weight is 355 g/mol. The van der Waals surface area contributed by atoms with Gasteiger partial charge in [-0.3, -0.25) is 0 Å². The Morgan fingerprint density at radius 1 is 0.682 bits per heavy atom. The van der Waals surface area contributed by atoms with Gasteiger partial charge in [0.1, 0.15) is 0 Å². The van der Waals surface area contributed by atoms with Gasteiger partial charge in [0.25, 0.3) is 0 Å². The summed E-state index contributed by atoms with van der Waals surface area (Å²) in [6.07, 6.45) is 8.71. The summed E-state index contributed by atoms with van der Waals surface area (Å²) in [5.74, 6) is 0. The van der Waals surface area contributed by atoms with Crippen LogP contribution in [0.2, 0.25) is 0 Å². The summed E-state index contributed by atoms with van der Waals surface area (Å²) in [6, 6.07) is 0. The van der Waals surface area contributed by atoms with Crippen LogP contribution in [0.25, 0.3) is 0 Å². The Morgan fingerprint density at radius 2 is 0.955 bits per heavy atom. The zero-order chi connectivity index (χ0) is 17.1. The Kier molecular flexibility index (Phi) is 10.6. The van der Waals surface area contributed by atoms with Crippen molar-refractivity contribution in [3.8, 4) is 0 Å². The van der Waals surface area contributed by atoms with Crippen molar-refractivity contribution in [2.24, 2.45) is 0 Å². The first-order chi connectivity index (χ1) is 10.4. The third kappa shape index (κ3) is 4.99. The van der Waals surface area contributed by atoms with Crippen molar-refractivity contribution in [3.05, 3.63) is 0 Å². The molecule has 3 N–H and O–H groups in total. The van der Waals surface area contributed by atoms with Crippen LogP contribution in [-0.2, 0) is 4.58 Å². The van der Waals surface area contributed by atoms with Crippen molar-refractivity contribution in [1.29, 1.82) is 0 Å². The predicted molar refractivity (Wildman–Crippen MR) is 99.9 cm³/mol. The third-order valence-corrected chi connectivity index (χ3v) is 21.1. The molecular formula is C16H39O4PSi. The molecule has 0 saturated heterocycles. The van der Waals surface area contributed by atoms with Crippen molar-refractivity contribution in [3.63, 3.8) is 0 Å². The fraction of sp³-hybridized carbons (Fsp3) is 1.00. The Labute approximate surface area is 138 Å². The fourth-order valence-electron chi connectivity index (χ4n) is 3.66. The van der Waals surface area contributed by atoms with Crippen LogP contribution in [0.4, 0.5) is 0 Å². The second kappa shape index (κ2) is 10.4. The Balaban J connectivity index is 5.89. The zero-order valence-corrected chi connectivity index (χ0v) is 17.1. The first-order valence-corrected chi connectivity index (χ1v) is 14.8. The molecule has 0 aromatic heterocycles. The molecule has 0 heterocycles. The number of unbranched alkanes of at least 4 members (excludes halogenated alkanes) is 4. The molecule has 0 rings (SSSR count). The van der Waals surface area contributed by atoms with Gasteiger partial charge in [0.2, 0.25) is 0 Å². The normalized spacial score (nSPS) is 14.8. The zero-order valence-electron chi connectivity index (χ0n) is 15.2. The molecule has 22 heavy (non-hydrogen) atoms. The van der Waals surface area contributed by atoms with Crippen molar-refractivity contribution in [2.45, 2.75) is 79.1 Å². The van der Waals surface area contributed by atoms with Gasteiger partial charge in [0.15, 0.2) is 0 Å². The molecule has 0 unspecified atom stereocenters. The Bertz CT molecular complexity index is 256. The van der Waals surface area contributed by atoms with Gasteiger partial charge in [-0.15, -0.1) is 0 Å². The first-order valence-electron chi connectivity index (χ1n) is 9.15. The molecule has 0 aromatic rings.